The number of primary amides is 1. The van der Waals surface area contributed by atoms with Gasteiger partial charge in [0.05, 0.1) is 34.6 Å². The molecule has 2 heterocycles. The van der Waals surface area contributed by atoms with Gasteiger partial charge in [0.2, 0.25) is 15.9 Å². The van der Waals surface area contributed by atoms with Gasteiger partial charge in [0.25, 0.3) is 0 Å². The van der Waals surface area contributed by atoms with Crippen LogP contribution in [-0.4, -0.2) is 34.3 Å². The minimum Gasteiger partial charge on any atom is -0.369 e. The van der Waals surface area contributed by atoms with Gasteiger partial charge in [-0.15, -0.1) is 0 Å². The summed E-state index contributed by atoms with van der Waals surface area (Å²) in [7, 11) is -3.78. The molecule has 0 spiro atoms. The maximum absolute atomic E-state index is 11.5. The lowest BCUT2D eigenvalue weighted by molar-refractivity contribution is -0.117. The lowest BCUT2D eigenvalue weighted by atomic mass is 9.93. The molecule has 5 N–H and O–H groups in total. The van der Waals surface area contributed by atoms with Gasteiger partial charge in [-0.3, -0.25) is 9.89 Å². The maximum atomic E-state index is 11.5. The molecule has 0 fully saturated rings. The molecule has 0 radical (unpaired) electrons. The molecule has 3 aromatic rings. The van der Waals surface area contributed by atoms with Crippen LogP contribution in [0.4, 0.5) is 0 Å². The average Bonchev–Trinajstić information content (AvgIpc) is 3.18. The molecule has 4 rings (SSSR count). The number of aromatic nitrogens is 4. The van der Waals surface area contributed by atoms with E-state index in [1.54, 1.807) is 23.0 Å². The van der Waals surface area contributed by atoms with Crippen molar-refractivity contribution >= 4 is 15.9 Å². The van der Waals surface area contributed by atoms with Gasteiger partial charge in [-0.05, 0) is 37.1 Å². The molecule has 9 nitrogen and oxygen atoms in total. The Morgan fingerprint density at radius 1 is 1.23 bits per heavy atom. The van der Waals surface area contributed by atoms with Crippen LogP contribution in [0.5, 0.6) is 0 Å². The van der Waals surface area contributed by atoms with Gasteiger partial charge in [-0.1, -0.05) is 0 Å². The molecule has 0 saturated heterocycles. The number of primary sulfonamides is 1. The third kappa shape index (κ3) is 2.68. The smallest absolute Gasteiger partial charge is 0.238 e. The Kier molecular flexibility index (Phi) is 3.67. The van der Waals surface area contributed by atoms with Crippen molar-refractivity contribution in [3.05, 3.63) is 47.4 Å². The highest BCUT2D eigenvalue weighted by atomic mass is 32.2. The molecule has 10 heteroatoms. The molecule has 1 aliphatic rings. The monoisotopic (exact) mass is 372 g/mol. The van der Waals surface area contributed by atoms with Crippen LogP contribution in [0.25, 0.3) is 16.9 Å². The first-order chi connectivity index (χ1) is 12.3. The van der Waals surface area contributed by atoms with Crippen LogP contribution in [0.15, 0.2) is 35.4 Å². The Morgan fingerprint density at radius 2 is 1.96 bits per heavy atom. The number of amides is 1. The number of rotatable bonds is 4. The number of nitrogens with one attached hydrogen (secondary N) is 1. The zero-order valence-electron chi connectivity index (χ0n) is 13.6. The van der Waals surface area contributed by atoms with Crippen molar-refractivity contribution in [2.75, 3.05) is 0 Å². The minimum atomic E-state index is -3.78. The van der Waals surface area contributed by atoms with Crippen LogP contribution >= 0.6 is 0 Å². The number of nitrogens with two attached hydrogens (primary N) is 2. The number of carbonyl (C=O) groups excluding carboxylic acids is 1. The number of aromatic amines is 1. The van der Waals surface area contributed by atoms with Crippen molar-refractivity contribution in [1.82, 2.24) is 20.0 Å². The van der Waals surface area contributed by atoms with Gasteiger partial charge >= 0.3 is 0 Å². The highest BCUT2D eigenvalue weighted by molar-refractivity contribution is 7.89. The number of nitrogens with zero attached hydrogens (tertiary/aromatic N) is 3. The quantitative estimate of drug-likeness (QED) is 0.591. The van der Waals surface area contributed by atoms with E-state index in [2.05, 4.69) is 15.3 Å². The molecule has 134 valence electrons. The molecule has 1 aliphatic carbocycles. The first kappa shape index (κ1) is 16.5. The fourth-order valence-corrected chi connectivity index (χ4v) is 3.78. The van der Waals surface area contributed by atoms with E-state index in [0.29, 0.717) is 17.8 Å². The number of fused-ring (bicyclic) bond motifs is 3. The summed E-state index contributed by atoms with van der Waals surface area (Å²) in [4.78, 5) is 11.4. The Bertz CT molecular complexity index is 1110. The first-order valence-corrected chi connectivity index (χ1v) is 9.44. The van der Waals surface area contributed by atoms with Crippen molar-refractivity contribution in [1.29, 1.82) is 0 Å². The second kappa shape index (κ2) is 5.78. The molecule has 2 aromatic heterocycles. The van der Waals surface area contributed by atoms with Gasteiger partial charge in [-0.25, -0.2) is 18.2 Å². The Morgan fingerprint density at radius 3 is 2.62 bits per heavy atom. The van der Waals surface area contributed by atoms with E-state index in [0.717, 1.165) is 28.9 Å². The highest BCUT2D eigenvalue weighted by Crippen LogP contribution is 2.36. The third-order valence-electron chi connectivity index (χ3n) is 4.42. The van der Waals surface area contributed by atoms with E-state index in [4.69, 9.17) is 10.9 Å². The number of benzene rings is 1. The molecular formula is C16H16N6O3S. The van der Waals surface area contributed by atoms with Crippen LogP contribution in [0.2, 0.25) is 0 Å². The van der Waals surface area contributed by atoms with Crippen LogP contribution in [0.3, 0.4) is 0 Å². The zero-order chi connectivity index (χ0) is 18.5. The van der Waals surface area contributed by atoms with Crippen molar-refractivity contribution in [2.45, 2.75) is 24.2 Å². The van der Waals surface area contributed by atoms with Crippen LogP contribution in [0.1, 0.15) is 17.0 Å². The van der Waals surface area contributed by atoms with E-state index in [1.807, 2.05) is 0 Å². The Labute approximate surface area is 149 Å². The summed E-state index contributed by atoms with van der Waals surface area (Å²) in [5.74, 6) is -0.458. The second-order valence-electron chi connectivity index (χ2n) is 6.13. The number of sulfonamides is 1. The summed E-state index contributed by atoms with van der Waals surface area (Å²) in [6.45, 7) is 0. The standard InChI is InChI=1S/C16H16N6O3S/c17-15(23)7-14-11-5-6-13-12(8-19-20-13)16(11)22(21-14)9-1-3-10(4-2-9)26(18,24)25/h1-4,8H,5-7H2,(H2,17,23)(H,19,20)(H2,18,24,25). The van der Waals surface area contributed by atoms with Crippen molar-refractivity contribution < 1.29 is 13.2 Å². The van der Waals surface area contributed by atoms with Crippen molar-refractivity contribution in [3.63, 3.8) is 0 Å². The SMILES string of the molecule is NC(=O)Cc1nn(-c2ccc(S(N)(=O)=O)cc2)c2c1CCc1[nH]ncc1-2. The Hall–Kier alpha value is -2.98. The summed E-state index contributed by atoms with van der Waals surface area (Å²) < 4.78 is 24.6. The number of carbonyl (C=O) groups is 1. The van der Waals surface area contributed by atoms with Gasteiger partial charge in [0.1, 0.15) is 0 Å². The lowest BCUT2D eigenvalue weighted by Gasteiger charge is -2.15. The Balaban J connectivity index is 1.89. The number of aryl methyl sites for hydroxylation is 1. The highest BCUT2D eigenvalue weighted by Gasteiger charge is 2.27. The largest absolute Gasteiger partial charge is 0.369 e. The molecule has 26 heavy (non-hydrogen) atoms. The van der Waals surface area contributed by atoms with Crippen LogP contribution in [0, 0.1) is 0 Å². The van der Waals surface area contributed by atoms with Gasteiger partial charge in [0, 0.05) is 16.8 Å². The van der Waals surface area contributed by atoms with Crippen molar-refractivity contribution in [3.8, 4) is 16.9 Å². The molecule has 1 aromatic carbocycles. The summed E-state index contributed by atoms with van der Waals surface area (Å²) in [6, 6.07) is 6.09. The van der Waals surface area contributed by atoms with E-state index < -0.39 is 15.9 Å². The molecule has 0 saturated carbocycles. The van der Waals surface area contributed by atoms with Crippen LogP contribution in [-0.2, 0) is 34.1 Å². The normalized spacial score (nSPS) is 13.3. The third-order valence-corrected chi connectivity index (χ3v) is 5.35. The van der Waals surface area contributed by atoms with Gasteiger partial charge < -0.3 is 5.73 Å². The topological polar surface area (TPSA) is 150 Å². The number of hydrogen-bond acceptors (Lipinski definition) is 5. The maximum Gasteiger partial charge on any atom is 0.238 e. The summed E-state index contributed by atoms with van der Waals surface area (Å²) in [6.07, 6.45) is 3.24. The fraction of sp³-hybridized carbons (Fsp3) is 0.188. The summed E-state index contributed by atoms with van der Waals surface area (Å²) in [5, 5.41) is 16.8. The second-order valence-corrected chi connectivity index (χ2v) is 7.69. The molecule has 0 unspecified atom stereocenters. The molecular weight excluding hydrogens is 356 g/mol. The van der Waals surface area contributed by atoms with Crippen molar-refractivity contribution in [2.24, 2.45) is 10.9 Å². The predicted octanol–water partition coefficient (Wildman–Crippen LogP) is 0.0362. The molecule has 1 amide bonds. The lowest BCUT2D eigenvalue weighted by Crippen LogP contribution is -2.15. The van der Waals surface area contributed by atoms with E-state index in [1.165, 1.54) is 12.1 Å². The minimum absolute atomic E-state index is 0.0173. The predicted molar refractivity (Wildman–Crippen MR) is 92.8 cm³/mol. The summed E-state index contributed by atoms with van der Waals surface area (Å²) in [5.41, 5.74) is 10.3. The van der Waals surface area contributed by atoms with Crippen LogP contribution < -0.4 is 10.9 Å². The zero-order valence-corrected chi connectivity index (χ0v) is 14.5. The summed E-state index contributed by atoms with van der Waals surface area (Å²) >= 11 is 0. The van der Waals surface area contributed by atoms with Gasteiger partial charge in [-0.2, -0.15) is 10.2 Å². The molecule has 0 aliphatic heterocycles. The van der Waals surface area contributed by atoms with E-state index >= 15 is 0 Å². The van der Waals surface area contributed by atoms with E-state index in [9.17, 15) is 13.2 Å². The number of hydrogen-bond donors (Lipinski definition) is 3. The first-order valence-electron chi connectivity index (χ1n) is 7.89. The fourth-order valence-electron chi connectivity index (χ4n) is 3.26. The van der Waals surface area contributed by atoms with Gasteiger partial charge in [0.15, 0.2) is 0 Å². The molecule has 0 atom stereocenters. The van der Waals surface area contributed by atoms with E-state index in [-0.39, 0.29) is 11.3 Å². The average molecular weight is 372 g/mol. The molecule has 0 bridgehead atoms. The number of H-pyrrole nitrogens is 1.